The average molecular weight is 373 g/mol. The summed E-state index contributed by atoms with van der Waals surface area (Å²) in [7, 11) is 0. The Kier molecular flexibility index (Phi) is 7.81. The molecule has 0 aromatic carbocycles. The van der Waals surface area contributed by atoms with Crippen LogP contribution in [-0.2, 0) is 42.9 Å². The van der Waals surface area contributed by atoms with Gasteiger partial charge in [0.05, 0.1) is 0 Å². The molecular weight excluding hydrogens is 354 g/mol. The SMILES string of the molecule is CC(=O)OC[C@@H]1O[C@H](N=[N+]=[N-])[C@H](OC(C)=O)[C@@H](OC(C)=O)[C@@H]1OC(C)=O. The molecule has 0 aromatic rings. The second-order valence-electron chi connectivity index (χ2n) is 5.29. The van der Waals surface area contributed by atoms with Crippen LogP contribution in [0.4, 0.5) is 0 Å². The van der Waals surface area contributed by atoms with Gasteiger partial charge in [-0.1, -0.05) is 5.11 Å². The molecule has 0 radical (unpaired) electrons. The fourth-order valence-electron chi connectivity index (χ4n) is 2.35. The Balaban J connectivity index is 3.28. The molecule has 1 rings (SSSR count). The van der Waals surface area contributed by atoms with Crippen molar-refractivity contribution in [1.29, 1.82) is 0 Å². The van der Waals surface area contributed by atoms with Crippen molar-refractivity contribution in [2.24, 2.45) is 5.11 Å². The van der Waals surface area contributed by atoms with Crippen LogP contribution in [0.3, 0.4) is 0 Å². The molecule has 0 aliphatic carbocycles. The lowest BCUT2D eigenvalue weighted by Crippen LogP contribution is -2.61. The van der Waals surface area contributed by atoms with Gasteiger partial charge < -0.3 is 23.7 Å². The van der Waals surface area contributed by atoms with Crippen molar-refractivity contribution in [2.75, 3.05) is 6.61 Å². The van der Waals surface area contributed by atoms with Crippen LogP contribution in [-0.4, -0.2) is 61.1 Å². The van der Waals surface area contributed by atoms with Crippen LogP contribution >= 0.6 is 0 Å². The van der Waals surface area contributed by atoms with Gasteiger partial charge in [0.15, 0.2) is 24.5 Å². The van der Waals surface area contributed by atoms with E-state index in [0.717, 1.165) is 27.7 Å². The van der Waals surface area contributed by atoms with E-state index in [1.165, 1.54) is 0 Å². The first kappa shape index (κ1) is 21.2. The Bertz CT molecular complexity index is 617. The first-order chi connectivity index (χ1) is 12.1. The van der Waals surface area contributed by atoms with Gasteiger partial charge in [-0.15, -0.1) is 0 Å². The van der Waals surface area contributed by atoms with Crippen LogP contribution in [0.5, 0.6) is 0 Å². The van der Waals surface area contributed by atoms with Gasteiger partial charge >= 0.3 is 23.9 Å². The van der Waals surface area contributed by atoms with Crippen LogP contribution in [0.25, 0.3) is 10.4 Å². The lowest BCUT2D eigenvalue weighted by molar-refractivity contribution is -0.251. The lowest BCUT2D eigenvalue weighted by atomic mass is 9.97. The highest BCUT2D eigenvalue weighted by molar-refractivity contribution is 5.68. The molecule has 0 unspecified atom stereocenters. The molecule has 0 amide bonds. The summed E-state index contributed by atoms with van der Waals surface area (Å²) >= 11 is 0. The summed E-state index contributed by atoms with van der Waals surface area (Å²) in [4.78, 5) is 48.0. The van der Waals surface area contributed by atoms with E-state index in [9.17, 15) is 19.2 Å². The van der Waals surface area contributed by atoms with Gasteiger partial charge in [0, 0.05) is 32.6 Å². The number of rotatable bonds is 6. The second kappa shape index (κ2) is 9.59. The number of hydrogen-bond acceptors (Lipinski definition) is 10. The molecule has 1 fully saturated rings. The summed E-state index contributed by atoms with van der Waals surface area (Å²) in [5, 5.41) is 3.38. The minimum Gasteiger partial charge on any atom is -0.463 e. The van der Waals surface area contributed by atoms with Gasteiger partial charge in [-0.05, 0) is 5.53 Å². The maximum absolute atomic E-state index is 11.5. The van der Waals surface area contributed by atoms with Gasteiger partial charge in [0.1, 0.15) is 12.7 Å². The molecule has 12 heteroatoms. The third-order valence-electron chi connectivity index (χ3n) is 3.13. The van der Waals surface area contributed by atoms with E-state index in [0.29, 0.717) is 0 Å². The van der Waals surface area contributed by atoms with Crippen molar-refractivity contribution in [1.82, 2.24) is 0 Å². The fraction of sp³-hybridized carbons (Fsp3) is 0.714. The average Bonchev–Trinajstić information content (AvgIpc) is 2.50. The molecule has 0 N–H and O–H groups in total. The molecule has 0 aromatic heterocycles. The zero-order chi connectivity index (χ0) is 19.9. The summed E-state index contributed by atoms with van der Waals surface area (Å²) in [6.07, 6.45) is -6.52. The summed E-state index contributed by atoms with van der Waals surface area (Å²) < 4.78 is 25.6. The summed E-state index contributed by atoms with van der Waals surface area (Å²) in [5.41, 5.74) is 8.71. The van der Waals surface area contributed by atoms with Gasteiger partial charge in [-0.25, -0.2) is 0 Å². The standard InChI is InChI=1S/C14H19N3O9/c1-6(18)22-5-10-11(23-7(2)19)12(24-8(3)20)13(25-9(4)21)14(26-10)16-17-15/h10-14H,5H2,1-4H3/t10-,11+,12-,13+,14-/m0/s1. The Hall–Kier alpha value is -2.85. The van der Waals surface area contributed by atoms with E-state index in [1.807, 2.05) is 0 Å². The molecular formula is C14H19N3O9. The fourth-order valence-corrected chi connectivity index (χ4v) is 2.35. The van der Waals surface area contributed by atoms with Crippen molar-refractivity contribution < 1.29 is 42.9 Å². The minimum atomic E-state index is -1.40. The number of nitrogens with zero attached hydrogens (tertiary/aromatic N) is 3. The first-order valence-corrected chi connectivity index (χ1v) is 7.50. The van der Waals surface area contributed by atoms with Crippen molar-refractivity contribution in [3.05, 3.63) is 10.4 Å². The number of carbonyl (C=O) groups excluding carboxylic acids is 4. The Morgan fingerprint density at radius 1 is 0.885 bits per heavy atom. The van der Waals surface area contributed by atoms with Crippen molar-refractivity contribution >= 4 is 23.9 Å². The molecule has 0 spiro atoms. The molecule has 144 valence electrons. The largest absolute Gasteiger partial charge is 0.463 e. The molecule has 5 atom stereocenters. The predicted octanol–water partition coefficient (Wildman–Crippen LogP) is 0.380. The number of esters is 4. The van der Waals surface area contributed by atoms with Gasteiger partial charge in [-0.2, -0.15) is 0 Å². The molecule has 0 saturated carbocycles. The molecule has 26 heavy (non-hydrogen) atoms. The van der Waals surface area contributed by atoms with E-state index >= 15 is 0 Å². The van der Waals surface area contributed by atoms with Gasteiger partial charge in [0.25, 0.3) is 0 Å². The van der Waals surface area contributed by atoms with Gasteiger partial charge in [0.2, 0.25) is 0 Å². The van der Waals surface area contributed by atoms with Crippen molar-refractivity contribution in [3.63, 3.8) is 0 Å². The molecule has 1 saturated heterocycles. The summed E-state index contributed by atoms with van der Waals surface area (Å²) in [6, 6.07) is 0. The van der Waals surface area contributed by atoms with Crippen LogP contribution in [0.2, 0.25) is 0 Å². The summed E-state index contributed by atoms with van der Waals surface area (Å²) in [5.74, 6) is -2.92. The van der Waals surface area contributed by atoms with Crippen LogP contribution in [0.15, 0.2) is 5.11 Å². The van der Waals surface area contributed by atoms with E-state index < -0.39 is 54.5 Å². The molecule has 12 nitrogen and oxygen atoms in total. The van der Waals surface area contributed by atoms with Gasteiger partial charge in [-0.3, -0.25) is 19.2 Å². The first-order valence-electron chi connectivity index (χ1n) is 7.50. The number of azide groups is 1. The highest BCUT2D eigenvalue weighted by Gasteiger charge is 2.51. The number of ether oxygens (including phenoxy) is 5. The monoisotopic (exact) mass is 373 g/mol. The van der Waals surface area contributed by atoms with E-state index in [1.54, 1.807) is 0 Å². The zero-order valence-corrected chi connectivity index (χ0v) is 14.6. The van der Waals surface area contributed by atoms with E-state index in [2.05, 4.69) is 10.0 Å². The maximum Gasteiger partial charge on any atom is 0.303 e. The quantitative estimate of drug-likeness (QED) is 0.210. The lowest BCUT2D eigenvalue weighted by Gasteiger charge is -2.43. The van der Waals surface area contributed by atoms with Crippen molar-refractivity contribution in [2.45, 2.75) is 58.3 Å². The molecule has 1 aliphatic heterocycles. The highest BCUT2D eigenvalue weighted by Crippen LogP contribution is 2.29. The Labute approximate surface area is 148 Å². The van der Waals surface area contributed by atoms with E-state index in [-0.39, 0.29) is 6.61 Å². The number of hydrogen-bond donors (Lipinski definition) is 0. The zero-order valence-electron chi connectivity index (χ0n) is 14.6. The topological polar surface area (TPSA) is 163 Å². The van der Waals surface area contributed by atoms with E-state index in [4.69, 9.17) is 29.2 Å². The van der Waals surface area contributed by atoms with Crippen molar-refractivity contribution in [3.8, 4) is 0 Å². The van der Waals surface area contributed by atoms with Crippen LogP contribution in [0, 0.1) is 0 Å². The second-order valence-corrected chi connectivity index (χ2v) is 5.29. The highest BCUT2D eigenvalue weighted by atomic mass is 16.7. The number of carbonyl (C=O) groups is 4. The smallest absolute Gasteiger partial charge is 0.303 e. The Morgan fingerprint density at radius 3 is 1.85 bits per heavy atom. The molecule has 1 aliphatic rings. The third kappa shape index (κ3) is 6.22. The normalized spacial score (nSPS) is 27.5. The molecule has 0 bridgehead atoms. The minimum absolute atomic E-state index is 0.380. The molecule has 1 heterocycles. The third-order valence-corrected chi connectivity index (χ3v) is 3.13. The summed E-state index contributed by atoms with van der Waals surface area (Å²) in [6.45, 7) is 4.06. The van der Waals surface area contributed by atoms with Crippen LogP contribution < -0.4 is 0 Å². The Morgan fingerprint density at radius 2 is 1.38 bits per heavy atom. The predicted molar refractivity (Wildman–Crippen MR) is 81.1 cm³/mol. The maximum atomic E-state index is 11.5. The van der Waals surface area contributed by atoms with Crippen LogP contribution in [0.1, 0.15) is 27.7 Å².